The number of hydrogen-bond donors (Lipinski definition) is 2. The Morgan fingerprint density at radius 1 is 0.952 bits per heavy atom. The Morgan fingerprint density at radius 2 is 1.67 bits per heavy atom. The minimum Gasteiger partial charge on any atom is -0.327 e. The van der Waals surface area contributed by atoms with Crippen LogP contribution in [0.5, 0.6) is 0 Å². The van der Waals surface area contributed by atoms with Crippen LogP contribution in [0.3, 0.4) is 0 Å². The molecule has 0 saturated heterocycles. The lowest BCUT2D eigenvalue weighted by molar-refractivity contribution is -0.120. The fourth-order valence-corrected chi connectivity index (χ4v) is 5.46. The van der Waals surface area contributed by atoms with Crippen LogP contribution in [0, 0.1) is 0 Å². The smallest absolute Gasteiger partial charge is 0.236 e. The van der Waals surface area contributed by atoms with Crippen LogP contribution in [-0.2, 0) is 32.8 Å². The number of para-hydroxylation sites is 1. The first-order chi connectivity index (χ1) is 19.9. The van der Waals surface area contributed by atoms with Crippen molar-refractivity contribution in [3.8, 4) is 0 Å². The van der Waals surface area contributed by atoms with E-state index in [2.05, 4.69) is 20.6 Å². The molecule has 0 aliphatic heterocycles. The normalized spacial score (nSPS) is 11.8. The molecule has 0 spiro atoms. The Morgan fingerprint density at radius 3 is 2.36 bits per heavy atom. The van der Waals surface area contributed by atoms with Gasteiger partial charge in [0.2, 0.25) is 17.8 Å². The Bertz CT molecular complexity index is 1850. The zero-order valence-corrected chi connectivity index (χ0v) is 25.0. The summed E-state index contributed by atoms with van der Waals surface area (Å²) in [7, 11) is 0.659. The summed E-state index contributed by atoms with van der Waals surface area (Å²) in [5.41, 5.74) is 3.98. The average Bonchev–Trinajstić information content (AvgIpc) is 3.28. The van der Waals surface area contributed by atoms with Crippen molar-refractivity contribution in [2.75, 3.05) is 28.8 Å². The maximum atomic E-state index is 13.3. The first-order valence-corrected chi connectivity index (χ1v) is 15.4. The fourth-order valence-electron chi connectivity index (χ4n) is 4.66. The third-order valence-corrected chi connectivity index (χ3v) is 8.02. The van der Waals surface area contributed by atoms with E-state index in [9.17, 15) is 13.2 Å². The highest BCUT2D eigenvalue weighted by Crippen LogP contribution is 2.32. The van der Waals surface area contributed by atoms with Gasteiger partial charge in [0.05, 0.1) is 22.4 Å². The van der Waals surface area contributed by atoms with Crippen LogP contribution in [0.2, 0.25) is 0 Å². The SMILES string of the molecule is CN(c1ccnc(Nc2ccc(CS(C)(=O)=O)cc2)n1)c1cccc2c1nc(NC(=O)C(C)(C)c1ccccc1)n2C. The maximum absolute atomic E-state index is 13.3. The molecule has 0 saturated carbocycles. The lowest BCUT2D eigenvalue weighted by atomic mass is 9.84. The molecule has 0 unspecified atom stereocenters. The second-order valence-corrected chi connectivity index (χ2v) is 12.9. The molecule has 0 fully saturated rings. The quantitative estimate of drug-likeness (QED) is 0.239. The number of carbonyl (C=O) groups is 1. The van der Waals surface area contributed by atoms with Gasteiger partial charge in [0.25, 0.3) is 0 Å². The highest BCUT2D eigenvalue weighted by Gasteiger charge is 2.31. The Hall–Kier alpha value is -4.77. The molecule has 11 heteroatoms. The van der Waals surface area contributed by atoms with E-state index in [-0.39, 0.29) is 11.7 Å². The van der Waals surface area contributed by atoms with Crippen molar-refractivity contribution >= 4 is 55.9 Å². The maximum Gasteiger partial charge on any atom is 0.236 e. The molecule has 0 aliphatic rings. The summed E-state index contributed by atoms with van der Waals surface area (Å²) in [6.07, 6.45) is 2.87. The van der Waals surface area contributed by atoms with Gasteiger partial charge in [-0.25, -0.2) is 18.4 Å². The zero-order valence-electron chi connectivity index (χ0n) is 24.2. The fraction of sp³-hybridized carbons (Fsp3) is 0.226. The van der Waals surface area contributed by atoms with Crippen molar-refractivity contribution in [1.29, 1.82) is 0 Å². The average molecular weight is 584 g/mol. The Balaban J connectivity index is 1.38. The molecule has 2 N–H and O–H groups in total. The molecule has 216 valence electrons. The van der Waals surface area contributed by atoms with Gasteiger partial charge in [0.15, 0.2) is 9.84 Å². The molecule has 3 aromatic carbocycles. The number of imidazole rings is 1. The number of aromatic nitrogens is 4. The van der Waals surface area contributed by atoms with Gasteiger partial charge in [0, 0.05) is 32.2 Å². The number of nitrogens with one attached hydrogen (secondary N) is 2. The number of nitrogens with zero attached hydrogens (tertiary/aromatic N) is 5. The molecule has 0 bridgehead atoms. The summed E-state index contributed by atoms with van der Waals surface area (Å²) in [6.45, 7) is 3.79. The monoisotopic (exact) mass is 583 g/mol. The van der Waals surface area contributed by atoms with Gasteiger partial charge in [-0.3, -0.25) is 10.1 Å². The second kappa shape index (κ2) is 11.2. The molecule has 2 heterocycles. The highest BCUT2D eigenvalue weighted by molar-refractivity contribution is 7.89. The lowest BCUT2D eigenvalue weighted by Gasteiger charge is -2.23. The molecule has 2 aromatic heterocycles. The molecule has 0 aliphatic carbocycles. The van der Waals surface area contributed by atoms with Gasteiger partial charge in [-0.15, -0.1) is 0 Å². The van der Waals surface area contributed by atoms with E-state index in [1.807, 2.05) is 85.9 Å². The van der Waals surface area contributed by atoms with Crippen LogP contribution in [-0.4, -0.2) is 47.1 Å². The first kappa shape index (κ1) is 28.7. The van der Waals surface area contributed by atoms with E-state index in [0.29, 0.717) is 28.8 Å². The van der Waals surface area contributed by atoms with Gasteiger partial charge < -0.3 is 14.8 Å². The molecular formula is C31H33N7O3S. The van der Waals surface area contributed by atoms with E-state index in [1.165, 1.54) is 6.26 Å². The molecule has 0 atom stereocenters. The van der Waals surface area contributed by atoms with Crippen molar-refractivity contribution in [2.24, 2.45) is 7.05 Å². The molecule has 5 rings (SSSR count). The van der Waals surface area contributed by atoms with Crippen molar-refractivity contribution < 1.29 is 13.2 Å². The van der Waals surface area contributed by atoms with Crippen molar-refractivity contribution in [3.05, 3.63) is 96.2 Å². The molecule has 1 amide bonds. The molecule has 10 nitrogen and oxygen atoms in total. The Kier molecular flexibility index (Phi) is 7.70. The first-order valence-electron chi connectivity index (χ1n) is 13.4. The molecular weight excluding hydrogens is 550 g/mol. The lowest BCUT2D eigenvalue weighted by Crippen LogP contribution is -2.35. The van der Waals surface area contributed by atoms with Crippen LogP contribution in [0.1, 0.15) is 25.0 Å². The van der Waals surface area contributed by atoms with E-state index < -0.39 is 15.3 Å². The number of sulfone groups is 1. The minimum atomic E-state index is -3.11. The van der Waals surface area contributed by atoms with Crippen LogP contribution in [0.25, 0.3) is 11.0 Å². The van der Waals surface area contributed by atoms with Gasteiger partial charge in [0.1, 0.15) is 11.3 Å². The molecule has 5 aromatic rings. The van der Waals surface area contributed by atoms with E-state index in [4.69, 9.17) is 4.98 Å². The largest absolute Gasteiger partial charge is 0.327 e. The Labute approximate surface area is 245 Å². The number of aryl methyl sites for hydroxylation is 1. The standard InChI is InChI=1S/C31H33N7O3S/c1-31(2,22-10-7-6-8-11-22)28(39)36-30-35-27-24(12-9-13-25(27)38(30)4)37(3)26-18-19-32-29(34-26)33-23-16-14-21(15-17-23)20-42(5,40)41/h6-19H,20H2,1-5H3,(H,32,33,34)(H,35,36,39). The van der Waals surface area contributed by atoms with Gasteiger partial charge in [-0.2, -0.15) is 4.98 Å². The van der Waals surface area contributed by atoms with Crippen molar-refractivity contribution in [1.82, 2.24) is 19.5 Å². The second-order valence-electron chi connectivity index (χ2n) is 10.8. The summed E-state index contributed by atoms with van der Waals surface area (Å²) in [5.74, 6) is 1.30. The number of benzene rings is 3. The van der Waals surface area contributed by atoms with Gasteiger partial charge >= 0.3 is 0 Å². The summed E-state index contributed by atoms with van der Waals surface area (Å²) < 4.78 is 25.0. The van der Waals surface area contributed by atoms with Gasteiger partial charge in [-0.05, 0) is 55.3 Å². The van der Waals surface area contributed by atoms with E-state index >= 15 is 0 Å². The third-order valence-electron chi connectivity index (χ3n) is 7.16. The van der Waals surface area contributed by atoms with Crippen molar-refractivity contribution in [2.45, 2.75) is 25.0 Å². The molecule has 0 radical (unpaired) electrons. The minimum absolute atomic E-state index is 0.0146. The predicted octanol–water partition coefficient (Wildman–Crippen LogP) is 5.34. The number of anilines is 5. The summed E-state index contributed by atoms with van der Waals surface area (Å²) in [5, 5.41) is 6.20. The summed E-state index contributed by atoms with van der Waals surface area (Å²) in [6, 6.07) is 24.4. The van der Waals surface area contributed by atoms with Crippen LogP contribution < -0.4 is 15.5 Å². The number of fused-ring (bicyclic) bond motifs is 1. The number of amides is 1. The summed E-state index contributed by atoms with van der Waals surface area (Å²) in [4.78, 5) is 29.1. The number of rotatable bonds is 9. The predicted molar refractivity (Wildman–Crippen MR) is 167 cm³/mol. The van der Waals surface area contributed by atoms with Crippen LogP contribution >= 0.6 is 0 Å². The number of hydrogen-bond acceptors (Lipinski definition) is 8. The van der Waals surface area contributed by atoms with E-state index in [0.717, 1.165) is 22.5 Å². The van der Waals surface area contributed by atoms with Gasteiger partial charge in [-0.1, -0.05) is 48.5 Å². The van der Waals surface area contributed by atoms with Crippen LogP contribution in [0.15, 0.2) is 85.1 Å². The topological polar surface area (TPSA) is 122 Å². The van der Waals surface area contributed by atoms with Crippen molar-refractivity contribution in [3.63, 3.8) is 0 Å². The summed E-state index contributed by atoms with van der Waals surface area (Å²) >= 11 is 0. The third kappa shape index (κ3) is 6.10. The molecule has 42 heavy (non-hydrogen) atoms. The van der Waals surface area contributed by atoms with E-state index in [1.54, 1.807) is 36.5 Å². The highest BCUT2D eigenvalue weighted by atomic mass is 32.2. The van der Waals surface area contributed by atoms with Crippen LogP contribution in [0.4, 0.5) is 29.1 Å². The zero-order chi connectivity index (χ0) is 30.1. The number of carbonyl (C=O) groups excluding carboxylic acids is 1.